The van der Waals surface area contributed by atoms with Crippen molar-refractivity contribution in [3.05, 3.63) is 30.3 Å². The van der Waals surface area contributed by atoms with Gasteiger partial charge in [-0.2, -0.15) is 0 Å². The zero-order chi connectivity index (χ0) is 16.5. The Morgan fingerprint density at radius 1 is 1.26 bits per heavy atom. The summed E-state index contributed by atoms with van der Waals surface area (Å²) in [7, 11) is 0. The molecule has 1 saturated heterocycles. The van der Waals surface area contributed by atoms with E-state index in [4.69, 9.17) is 0 Å². The minimum Gasteiger partial charge on any atom is -0.355 e. The molecule has 0 saturated carbocycles. The van der Waals surface area contributed by atoms with Gasteiger partial charge in [-0.25, -0.2) is 0 Å². The largest absolute Gasteiger partial charge is 0.355 e. The molecule has 1 heterocycles. The quantitative estimate of drug-likeness (QED) is 0.580. The van der Waals surface area contributed by atoms with Crippen LogP contribution in [0, 0.1) is 5.92 Å². The summed E-state index contributed by atoms with van der Waals surface area (Å²) in [6, 6.07) is 10.1. The monoisotopic (exact) mass is 334 g/mol. The summed E-state index contributed by atoms with van der Waals surface area (Å²) in [6.07, 6.45) is 4.92. The fourth-order valence-electron chi connectivity index (χ4n) is 2.86. The van der Waals surface area contributed by atoms with E-state index in [9.17, 15) is 4.79 Å². The van der Waals surface area contributed by atoms with Gasteiger partial charge >= 0.3 is 0 Å². The van der Waals surface area contributed by atoms with Crippen LogP contribution in [0.25, 0.3) is 0 Å². The maximum atomic E-state index is 12.1. The first-order valence-corrected chi connectivity index (χ1v) is 9.75. The summed E-state index contributed by atoms with van der Waals surface area (Å²) < 4.78 is 0. The molecule has 1 aromatic carbocycles. The van der Waals surface area contributed by atoms with Crippen LogP contribution in [0.15, 0.2) is 35.2 Å². The summed E-state index contributed by atoms with van der Waals surface area (Å²) in [5.74, 6) is 1.04. The van der Waals surface area contributed by atoms with Crippen molar-refractivity contribution < 1.29 is 4.79 Å². The van der Waals surface area contributed by atoms with Crippen LogP contribution in [0.5, 0.6) is 0 Å². The number of carbonyl (C=O) groups excluding carboxylic acids is 1. The average molecular weight is 335 g/mol. The van der Waals surface area contributed by atoms with E-state index in [0.717, 1.165) is 23.8 Å². The van der Waals surface area contributed by atoms with Crippen LogP contribution >= 0.6 is 11.8 Å². The normalized spacial score (nSPS) is 17.8. The molecule has 0 aromatic heterocycles. The topological polar surface area (TPSA) is 32.3 Å². The van der Waals surface area contributed by atoms with Gasteiger partial charge in [0.05, 0.1) is 5.25 Å². The smallest absolute Gasteiger partial charge is 0.233 e. The van der Waals surface area contributed by atoms with E-state index in [2.05, 4.69) is 17.1 Å². The van der Waals surface area contributed by atoms with Crippen LogP contribution < -0.4 is 5.32 Å². The number of benzene rings is 1. The first-order valence-electron chi connectivity index (χ1n) is 8.87. The lowest BCUT2D eigenvalue weighted by Crippen LogP contribution is -2.34. The zero-order valence-corrected chi connectivity index (χ0v) is 15.3. The number of nitrogens with zero attached hydrogens (tertiary/aromatic N) is 1. The van der Waals surface area contributed by atoms with E-state index in [1.54, 1.807) is 11.8 Å². The Labute approximate surface area is 145 Å². The second kappa shape index (κ2) is 9.99. The molecule has 128 valence electrons. The summed E-state index contributed by atoms with van der Waals surface area (Å²) >= 11 is 1.62. The molecular weight excluding hydrogens is 304 g/mol. The third-order valence-corrected chi connectivity index (χ3v) is 5.61. The number of likely N-dealkylation sites (tertiary alicyclic amines) is 1. The summed E-state index contributed by atoms with van der Waals surface area (Å²) in [4.78, 5) is 15.8. The van der Waals surface area contributed by atoms with Crippen molar-refractivity contribution in [2.75, 3.05) is 26.2 Å². The highest BCUT2D eigenvalue weighted by Crippen LogP contribution is 2.22. The molecule has 1 aliphatic rings. The van der Waals surface area contributed by atoms with Crippen LogP contribution in [0.4, 0.5) is 0 Å². The first-order chi connectivity index (χ1) is 11.1. The third kappa shape index (κ3) is 6.96. The van der Waals surface area contributed by atoms with Crippen LogP contribution in [-0.2, 0) is 4.79 Å². The molecule has 0 radical (unpaired) electrons. The number of thioether (sulfide) groups is 1. The van der Waals surface area contributed by atoms with Gasteiger partial charge in [0.15, 0.2) is 0 Å². The van der Waals surface area contributed by atoms with E-state index < -0.39 is 0 Å². The van der Waals surface area contributed by atoms with Gasteiger partial charge in [0.1, 0.15) is 0 Å². The van der Waals surface area contributed by atoms with E-state index in [0.29, 0.717) is 0 Å². The predicted octanol–water partition coefficient (Wildman–Crippen LogP) is 3.80. The van der Waals surface area contributed by atoms with Gasteiger partial charge in [-0.1, -0.05) is 25.1 Å². The first kappa shape index (κ1) is 18.3. The standard InChI is InChI=1S/C19H30N2OS/c1-16-10-14-21(15-11-16)13-7-6-12-20-19(22)17(2)23-18-8-4-3-5-9-18/h3-5,8-9,16-17H,6-7,10-15H2,1-2H3,(H,20,22). The molecule has 1 aromatic rings. The van der Waals surface area contributed by atoms with Crippen molar-refractivity contribution in [2.24, 2.45) is 5.92 Å². The number of nitrogens with one attached hydrogen (secondary N) is 1. The summed E-state index contributed by atoms with van der Waals surface area (Å²) in [5.41, 5.74) is 0. The third-order valence-electron chi connectivity index (χ3n) is 4.50. The minimum atomic E-state index is -0.0408. The van der Waals surface area contributed by atoms with Crippen molar-refractivity contribution >= 4 is 17.7 Å². The fourth-order valence-corrected chi connectivity index (χ4v) is 3.77. The maximum absolute atomic E-state index is 12.1. The average Bonchev–Trinajstić information content (AvgIpc) is 2.57. The van der Waals surface area contributed by atoms with Gasteiger partial charge in [-0.3, -0.25) is 4.79 Å². The minimum absolute atomic E-state index is 0.0408. The Hall–Kier alpha value is -1.00. The summed E-state index contributed by atoms with van der Waals surface area (Å²) in [6.45, 7) is 8.79. The SMILES string of the molecule is CC1CCN(CCCCNC(=O)C(C)Sc2ccccc2)CC1. The molecular formula is C19H30N2OS. The molecule has 2 rings (SSSR count). The number of amides is 1. The lowest BCUT2D eigenvalue weighted by Gasteiger charge is -2.30. The molecule has 1 unspecified atom stereocenters. The molecule has 1 aliphatic heterocycles. The van der Waals surface area contributed by atoms with Crippen molar-refractivity contribution in [3.8, 4) is 0 Å². The molecule has 0 aliphatic carbocycles. The fraction of sp³-hybridized carbons (Fsp3) is 0.632. The molecule has 1 amide bonds. The van der Waals surface area contributed by atoms with Crippen LogP contribution in [0.3, 0.4) is 0 Å². The Bertz CT molecular complexity index is 458. The van der Waals surface area contributed by atoms with Crippen LogP contribution in [0.1, 0.15) is 39.5 Å². The van der Waals surface area contributed by atoms with Gasteiger partial charge in [0.25, 0.3) is 0 Å². The number of hydrogen-bond acceptors (Lipinski definition) is 3. The molecule has 1 N–H and O–H groups in total. The van der Waals surface area contributed by atoms with Crippen molar-refractivity contribution in [1.82, 2.24) is 10.2 Å². The molecule has 1 fully saturated rings. The predicted molar refractivity (Wildman–Crippen MR) is 98.8 cm³/mol. The molecule has 1 atom stereocenters. The van der Waals surface area contributed by atoms with Crippen LogP contribution in [0.2, 0.25) is 0 Å². The zero-order valence-electron chi connectivity index (χ0n) is 14.5. The van der Waals surface area contributed by atoms with E-state index >= 15 is 0 Å². The highest BCUT2D eigenvalue weighted by molar-refractivity contribution is 8.00. The molecule has 3 nitrogen and oxygen atoms in total. The Morgan fingerprint density at radius 3 is 2.65 bits per heavy atom. The number of piperidine rings is 1. The van der Waals surface area contributed by atoms with Gasteiger partial charge in [-0.15, -0.1) is 11.8 Å². The van der Waals surface area contributed by atoms with Gasteiger partial charge in [-0.05, 0) is 70.3 Å². The second-order valence-corrected chi connectivity index (χ2v) is 8.01. The lowest BCUT2D eigenvalue weighted by molar-refractivity contribution is -0.120. The number of rotatable bonds is 8. The lowest BCUT2D eigenvalue weighted by atomic mass is 9.99. The van der Waals surface area contributed by atoms with E-state index in [-0.39, 0.29) is 11.2 Å². The highest BCUT2D eigenvalue weighted by Gasteiger charge is 2.15. The number of hydrogen-bond donors (Lipinski definition) is 1. The van der Waals surface area contributed by atoms with Gasteiger partial charge < -0.3 is 10.2 Å². The molecule has 23 heavy (non-hydrogen) atoms. The van der Waals surface area contributed by atoms with Gasteiger partial charge in [0, 0.05) is 11.4 Å². The Balaban J connectivity index is 1.54. The van der Waals surface area contributed by atoms with E-state index in [1.165, 1.54) is 38.9 Å². The molecule has 4 heteroatoms. The number of carbonyl (C=O) groups is 1. The molecule has 0 bridgehead atoms. The Kier molecular flexibility index (Phi) is 7.96. The highest BCUT2D eigenvalue weighted by atomic mass is 32.2. The molecule has 0 spiro atoms. The number of unbranched alkanes of at least 4 members (excludes halogenated alkanes) is 1. The van der Waals surface area contributed by atoms with Gasteiger partial charge in [0.2, 0.25) is 5.91 Å². The van der Waals surface area contributed by atoms with Crippen LogP contribution in [-0.4, -0.2) is 42.2 Å². The Morgan fingerprint density at radius 2 is 1.96 bits per heavy atom. The van der Waals surface area contributed by atoms with Crippen molar-refractivity contribution in [1.29, 1.82) is 0 Å². The summed E-state index contributed by atoms with van der Waals surface area (Å²) in [5, 5.41) is 3.03. The maximum Gasteiger partial charge on any atom is 0.233 e. The van der Waals surface area contributed by atoms with Crippen molar-refractivity contribution in [3.63, 3.8) is 0 Å². The van der Waals surface area contributed by atoms with E-state index in [1.807, 2.05) is 37.3 Å². The van der Waals surface area contributed by atoms with Crippen molar-refractivity contribution in [2.45, 2.75) is 49.7 Å². The second-order valence-electron chi connectivity index (χ2n) is 6.60.